The molecule has 0 aliphatic heterocycles. The molecule has 0 aliphatic carbocycles. The summed E-state index contributed by atoms with van der Waals surface area (Å²) in [5, 5.41) is 7.10. The highest BCUT2D eigenvalue weighted by molar-refractivity contribution is 7.09. The molecule has 1 aromatic carbocycles. The Balaban J connectivity index is 2.37. The molecule has 0 amide bonds. The van der Waals surface area contributed by atoms with Gasteiger partial charge in [-0.25, -0.2) is 4.98 Å². The van der Waals surface area contributed by atoms with Gasteiger partial charge >= 0.3 is 0 Å². The van der Waals surface area contributed by atoms with Crippen molar-refractivity contribution in [1.29, 1.82) is 0 Å². The first-order chi connectivity index (χ1) is 7.72. The highest BCUT2D eigenvalue weighted by Gasteiger charge is 2.14. The summed E-state index contributed by atoms with van der Waals surface area (Å²) < 4.78 is 0. The normalized spacial score (nSPS) is 12.7. The van der Waals surface area contributed by atoms with Crippen molar-refractivity contribution in [2.75, 3.05) is 7.05 Å². The fourth-order valence-corrected chi connectivity index (χ4v) is 2.56. The standard InChI is InChI=1S/C12H13ClN2S/c1-8-3-4-9(7-10(8)13)11(14-2)12-15-5-6-16-12/h3-7,11,14H,1-2H3. The van der Waals surface area contributed by atoms with Gasteiger partial charge in [-0.3, -0.25) is 0 Å². The van der Waals surface area contributed by atoms with Crippen LogP contribution in [0.3, 0.4) is 0 Å². The number of aryl methyl sites for hydroxylation is 1. The van der Waals surface area contributed by atoms with Crippen molar-refractivity contribution in [3.8, 4) is 0 Å². The molecule has 0 saturated heterocycles. The van der Waals surface area contributed by atoms with Crippen molar-refractivity contribution in [3.63, 3.8) is 0 Å². The van der Waals surface area contributed by atoms with Gasteiger partial charge in [0.25, 0.3) is 0 Å². The second-order valence-electron chi connectivity index (χ2n) is 3.60. The third-order valence-electron chi connectivity index (χ3n) is 2.52. The number of benzene rings is 1. The Hall–Kier alpha value is -0.900. The largest absolute Gasteiger partial charge is 0.307 e. The van der Waals surface area contributed by atoms with E-state index >= 15 is 0 Å². The lowest BCUT2D eigenvalue weighted by atomic mass is 10.1. The highest BCUT2D eigenvalue weighted by atomic mass is 35.5. The maximum absolute atomic E-state index is 6.13. The van der Waals surface area contributed by atoms with Gasteiger partial charge in [0.1, 0.15) is 5.01 Å². The molecule has 1 heterocycles. The molecule has 2 nitrogen and oxygen atoms in total. The van der Waals surface area contributed by atoms with Gasteiger partial charge in [0.15, 0.2) is 0 Å². The Morgan fingerprint density at radius 1 is 1.44 bits per heavy atom. The van der Waals surface area contributed by atoms with Gasteiger partial charge < -0.3 is 5.32 Å². The monoisotopic (exact) mass is 252 g/mol. The zero-order chi connectivity index (χ0) is 11.5. The molecule has 0 radical (unpaired) electrons. The molecule has 4 heteroatoms. The average Bonchev–Trinajstić information content (AvgIpc) is 2.78. The Kier molecular flexibility index (Phi) is 3.59. The number of halogens is 1. The Labute approximate surface area is 104 Å². The lowest BCUT2D eigenvalue weighted by molar-refractivity contribution is 0.686. The SMILES string of the molecule is CNC(c1ccc(C)c(Cl)c1)c1nccs1. The summed E-state index contributed by atoms with van der Waals surface area (Å²) in [6.07, 6.45) is 1.82. The van der Waals surface area contributed by atoms with Gasteiger partial charge in [-0.15, -0.1) is 11.3 Å². The van der Waals surface area contributed by atoms with E-state index in [1.165, 1.54) is 0 Å². The molecule has 0 aliphatic rings. The van der Waals surface area contributed by atoms with E-state index in [4.69, 9.17) is 11.6 Å². The van der Waals surface area contributed by atoms with E-state index in [1.807, 2.05) is 37.7 Å². The number of nitrogens with one attached hydrogen (secondary N) is 1. The smallest absolute Gasteiger partial charge is 0.114 e. The molecule has 84 valence electrons. The summed E-state index contributed by atoms with van der Waals surface area (Å²) in [4.78, 5) is 4.33. The minimum Gasteiger partial charge on any atom is -0.307 e. The lowest BCUT2D eigenvalue weighted by Crippen LogP contribution is -2.17. The van der Waals surface area contributed by atoms with Gasteiger partial charge in [-0.1, -0.05) is 23.7 Å². The van der Waals surface area contributed by atoms with Crippen LogP contribution >= 0.6 is 22.9 Å². The molecular weight excluding hydrogens is 240 g/mol. The van der Waals surface area contributed by atoms with Crippen molar-refractivity contribution in [3.05, 3.63) is 50.9 Å². The van der Waals surface area contributed by atoms with Crippen molar-refractivity contribution in [2.24, 2.45) is 0 Å². The van der Waals surface area contributed by atoms with E-state index in [-0.39, 0.29) is 6.04 Å². The maximum atomic E-state index is 6.13. The summed E-state index contributed by atoms with van der Waals surface area (Å²) in [6, 6.07) is 6.25. The minimum absolute atomic E-state index is 0.123. The summed E-state index contributed by atoms with van der Waals surface area (Å²) in [5.74, 6) is 0. The van der Waals surface area contributed by atoms with Crippen LogP contribution in [-0.2, 0) is 0 Å². The molecule has 0 saturated carbocycles. The number of rotatable bonds is 3. The zero-order valence-electron chi connectivity index (χ0n) is 9.20. The highest BCUT2D eigenvalue weighted by Crippen LogP contribution is 2.26. The van der Waals surface area contributed by atoms with Crippen LogP contribution in [0, 0.1) is 6.92 Å². The predicted octanol–water partition coefficient (Wildman–Crippen LogP) is 3.41. The first-order valence-corrected chi connectivity index (χ1v) is 6.31. The molecule has 0 spiro atoms. The van der Waals surface area contributed by atoms with E-state index < -0.39 is 0 Å². The van der Waals surface area contributed by atoms with Gasteiger partial charge in [0.05, 0.1) is 6.04 Å². The van der Waals surface area contributed by atoms with Gasteiger partial charge in [-0.2, -0.15) is 0 Å². The summed E-state index contributed by atoms with van der Waals surface area (Å²) >= 11 is 7.78. The number of thiazole rings is 1. The lowest BCUT2D eigenvalue weighted by Gasteiger charge is -2.14. The molecule has 1 aromatic heterocycles. The maximum Gasteiger partial charge on any atom is 0.114 e. The van der Waals surface area contributed by atoms with Gasteiger partial charge in [0.2, 0.25) is 0 Å². The van der Waals surface area contributed by atoms with Crippen LogP contribution in [0.5, 0.6) is 0 Å². The Morgan fingerprint density at radius 3 is 2.81 bits per heavy atom. The molecule has 0 bridgehead atoms. The fraction of sp³-hybridized carbons (Fsp3) is 0.250. The summed E-state index contributed by atoms with van der Waals surface area (Å²) in [7, 11) is 1.93. The van der Waals surface area contributed by atoms with Crippen molar-refractivity contribution >= 4 is 22.9 Å². The molecule has 16 heavy (non-hydrogen) atoms. The predicted molar refractivity (Wildman–Crippen MR) is 69.2 cm³/mol. The second-order valence-corrected chi connectivity index (χ2v) is 4.93. The Morgan fingerprint density at radius 2 is 2.25 bits per heavy atom. The van der Waals surface area contributed by atoms with Crippen LogP contribution in [0.2, 0.25) is 5.02 Å². The van der Waals surface area contributed by atoms with Crippen molar-refractivity contribution in [1.82, 2.24) is 10.3 Å². The molecular formula is C12H13ClN2S. The van der Waals surface area contributed by atoms with E-state index in [0.717, 1.165) is 21.2 Å². The third kappa shape index (κ3) is 2.26. The van der Waals surface area contributed by atoms with Gasteiger partial charge in [-0.05, 0) is 31.2 Å². The quantitative estimate of drug-likeness (QED) is 0.906. The number of hydrogen-bond donors (Lipinski definition) is 1. The molecule has 2 aromatic rings. The van der Waals surface area contributed by atoms with E-state index in [1.54, 1.807) is 11.3 Å². The summed E-state index contributed by atoms with van der Waals surface area (Å²) in [5.41, 5.74) is 2.24. The number of nitrogens with zero attached hydrogens (tertiary/aromatic N) is 1. The van der Waals surface area contributed by atoms with E-state index in [2.05, 4.69) is 16.4 Å². The van der Waals surface area contributed by atoms with Crippen molar-refractivity contribution in [2.45, 2.75) is 13.0 Å². The van der Waals surface area contributed by atoms with Crippen LogP contribution in [0.25, 0.3) is 0 Å². The van der Waals surface area contributed by atoms with Crippen LogP contribution in [0.15, 0.2) is 29.8 Å². The first kappa shape index (κ1) is 11.6. The third-order valence-corrected chi connectivity index (χ3v) is 3.76. The number of hydrogen-bond acceptors (Lipinski definition) is 3. The van der Waals surface area contributed by atoms with Crippen LogP contribution in [-0.4, -0.2) is 12.0 Å². The Bertz CT molecular complexity index is 468. The van der Waals surface area contributed by atoms with Crippen LogP contribution < -0.4 is 5.32 Å². The van der Waals surface area contributed by atoms with E-state index in [0.29, 0.717) is 0 Å². The molecule has 1 N–H and O–H groups in total. The molecule has 1 unspecified atom stereocenters. The number of aromatic nitrogens is 1. The van der Waals surface area contributed by atoms with Gasteiger partial charge in [0, 0.05) is 16.6 Å². The average molecular weight is 253 g/mol. The van der Waals surface area contributed by atoms with Crippen LogP contribution in [0.4, 0.5) is 0 Å². The molecule has 0 fully saturated rings. The molecule has 1 atom stereocenters. The first-order valence-electron chi connectivity index (χ1n) is 5.05. The topological polar surface area (TPSA) is 24.9 Å². The second kappa shape index (κ2) is 4.95. The fourth-order valence-electron chi connectivity index (χ4n) is 1.60. The minimum atomic E-state index is 0.123. The van der Waals surface area contributed by atoms with Crippen LogP contribution in [0.1, 0.15) is 22.2 Å². The van der Waals surface area contributed by atoms with Crippen molar-refractivity contribution < 1.29 is 0 Å². The summed E-state index contributed by atoms with van der Waals surface area (Å²) in [6.45, 7) is 2.00. The zero-order valence-corrected chi connectivity index (χ0v) is 10.8. The molecule has 2 rings (SSSR count). The van der Waals surface area contributed by atoms with E-state index in [9.17, 15) is 0 Å².